The van der Waals surface area contributed by atoms with Gasteiger partial charge in [-0.3, -0.25) is 0 Å². The maximum atomic E-state index is 6.18. The van der Waals surface area contributed by atoms with Crippen LogP contribution in [0.25, 0.3) is 0 Å². The first-order valence-corrected chi connectivity index (χ1v) is 8.96. The van der Waals surface area contributed by atoms with E-state index < -0.39 is 0 Å². The maximum absolute atomic E-state index is 6.18. The van der Waals surface area contributed by atoms with Gasteiger partial charge in [0.2, 0.25) is 0 Å². The molecule has 1 aromatic rings. The highest BCUT2D eigenvalue weighted by Crippen LogP contribution is 2.37. The molecule has 1 aliphatic carbocycles. The monoisotopic (exact) mass is 316 g/mol. The van der Waals surface area contributed by atoms with E-state index in [1.54, 1.807) is 0 Å². The number of para-hydroxylation sites is 1. The third-order valence-electron chi connectivity index (χ3n) is 5.63. The Labute approximate surface area is 140 Å². The van der Waals surface area contributed by atoms with E-state index in [4.69, 9.17) is 14.0 Å². The van der Waals surface area contributed by atoms with Crippen molar-refractivity contribution in [3.8, 4) is 5.75 Å². The fourth-order valence-electron chi connectivity index (χ4n) is 3.34. The SMILES string of the molecule is CC1(C)OB(c2ccccc2OCC2CCCCC2)OC1(C)C. The summed E-state index contributed by atoms with van der Waals surface area (Å²) in [5, 5.41) is 0. The summed E-state index contributed by atoms with van der Waals surface area (Å²) < 4.78 is 18.5. The molecule has 0 N–H and O–H groups in total. The third-order valence-corrected chi connectivity index (χ3v) is 5.63. The Morgan fingerprint density at radius 3 is 2.26 bits per heavy atom. The average Bonchev–Trinajstić information content (AvgIpc) is 2.75. The number of ether oxygens (including phenoxy) is 1. The molecule has 1 saturated carbocycles. The van der Waals surface area contributed by atoms with Crippen molar-refractivity contribution in [3.63, 3.8) is 0 Å². The second kappa shape index (κ2) is 6.48. The van der Waals surface area contributed by atoms with Crippen LogP contribution >= 0.6 is 0 Å². The highest BCUT2D eigenvalue weighted by atomic mass is 16.7. The molecule has 4 heteroatoms. The van der Waals surface area contributed by atoms with Crippen molar-refractivity contribution < 1.29 is 14.0 Å². The molecule has 3 rings (SSSR count). The van der Waals surface area contributed by atoms with Gasteiger partial charge >= 0.3 is 7.12 Å². The van der Waals surface area contributed by atoms with E-state index in [2.05, 4.69) is 33.8 Å². The first-order valence-electron chi connectivity index (χ1n) is 8.96. The van der Waals surface area contributed by atoms with E-state index in [0.717, 1.165) is 17.8 Å². The Kier molecular flexibility index (Phi) is 4.75. The second-order valence-electron chi connectivity index (χ2n) is 7.94. The maximum Gasteiger partial charge on any atom is 0.498 e. The topological polar surface area (TPSA) is 27.7 Å². The van der Waals surface area contributed by atoms with Gasteiger partial charge in [-0.1, -0.05) is 37.5 Å². The van der Waals surface area contributed by atoms with Crippen LogP contribution in [0, 0.1) is 5.92 Å². The van der Waals surface area contributed by atoms with Gasteiger partial charge in [-0.15, -0.1) is 0 Å². The molecule has 2 aliphatic rings. The van der Waals surface area contributed by atoms with Crippen LogP contribution in [-0.2, 0) is 9.31 Å². The summed E-state index contributed by atoms with van der Waals surface area (Å²) in [6, 6.07) is 8.13. The van der Waals surface area contributed by atoms with E-state index in [1.165, 1.54) is 32.1 Å². The molecule has 0 bridgehead atoms. The van der Waals surface area contributed by atoms with Crippen LogP contribution in [0.3, 0.4) is 0 Å². The lowest BCUT2D eigenvalue weighted by atomic mass is 9.78. The molecule has 0 aromatic heterocycles. The first-order chi connectivity index (χ1) is 10.9. The highest BCUT2D eigenvalue weighted by Gasteiger charge is 2.52. The molecule has 1 aliphatic heterocycles. The van der Waals surface area contributed by atoms with Crippen molar-refractivity contribution in [2.24, 2.45) is 5.92 Å². The van der Waals surface area contributed by atoms with Crippen molar-refractivity contribution >= 4 is 12.6 Å². The number of benzene rings is 1. The van der Waals surface area contributed by atoms with Crippen LogP contribution in [0.15, 0.2) is 24.3 Å². The minimum atomic E-state index is -0.359. The zero-order valence-electron chi connectivity index (χ0n) is 14.9. The molecule has 1 heterocycles. The Hall–Kier alpha value is -0.995. The Morgan fingerprint density at radius 2 is 1.61 bits per heavy atom. The number of hydrogen-bond donors (Lipinski definition) is 0. The molecular weight excluding hydrogens is 287 g/mol. The van der Waals surface area contributed by atoms with Crippen LogP contribution in [-0.4, -0.2) is 24.9 Å². The molecule has 0 unspecified atom stereocenters. The number of hydrogen-bond acceptors (Lipinski definition) is 3. The van der Waals surface area contributed by atoms with E-state index in [-0.39, 0.29) is 18.3 Å². The van der Waals surface area contributed by atoms with Gasteiger partial charge in [-0.2, -0.15) is 0 Å². The summed E-state index contributed by atoms with van der Waals surface area (Å²) in [4.78, 5) is 0. The van der Waals surface area contributed by atoms with Crippen LogP contribution in [0.2, 0.25) is 0 Å². The van der Waals surface area contributed by atoms with Crippen molar-refractivity contribution in [3.05, 3.63) is 24.3 Å². The van der Waals surface area contributed by atoms with Crippen molar-refractivity contribution in [2.45, 2.75) is 71.0 Å². The molecule has 1 aromatic carbocycles. The largest absolute Gasteiger partial charge is 0.498 e. The predicted octanol–water partition coefficient (Wildman–Crippen LogP) is 3.94. The molecule has 23 heavy (non-hydrogen) atoms. The summed E-state index contributed by atoms with van der Waals surface area (Å²) in [6.45, 7) is 9.13. The molecule has 0 radical (unpaired) electrons. The standard InChI is InChI=1S/C19H29BO3/c1-18(2)19(3,4)23-20(22-18)16-12-8-9-13-17(16)21-14-15-10-6-5-7-11-15/h8-9,12-13,15H,5-7,10-11,14H2,1-4H3. The highest BCUT2D eigenvalue weighted by molar-refractivity contribution is 6.63. The van der Waals surface area contributed by atoms with E-state index in [0.29, 0.717) is 5.92 Å². The van der Waals surface area contributed by atoms with Gasteiger partial charge in [0.15, 0.2) is 0 Å². The van der Waals surface area contributed by atoms with Crippen molar-refractivity contribution in [1.29, 1.82) is 0 Å². The van der Waals surface area contributed by atoms with Crippen molar-refractivity contribution in [2.75, 3.05) is 6.61 Å². The molecule has 126 valence electrons. The predicted molar refractivity (Wildman–Crippen MR) is 94.2 cm³/mol. The van der Waals surface area contributed by atoms with Gasteiger partial charge in [0.05, 0.1) is 17.8 Å². The van der Waals surface area contributed by atoms with E-state index in [1.807, 2.05) is 18.2 Å². The molecular formula is C19H29BO3. The summed E-state index contributed by atoms with van der Waals surface area (Å²) in [6.07, 6.45) is 6.64. The van der Waals surface area contributed by atoms with Crippen LogP contribution in [0.1, 0.15) is 59.8 Å². The number of rotatable bonds is 4. The normalized spacial score (nSPS) is 23.9. The smallest absolute Gasteiger partial charge is 0.494 e. The van der Waals surface area contributed by atoms with Gasteiger partial charge in [-0.05, 0) is 52.5 Å². The van der Waals surface area contributed by atoms with Crippen LogP contribution in [0.5, 0.6) is 5.75 Å². The Morgan fingerprint density at radius 1 is 1.00 bits per heavy atom. The zero-order valence-corrected chi connectivity index (χ0v) is 14.9. The van der Waals surface area contributed by atoms with Crippen LogP contribution < -0.4 is 10.2 Å². The minimum absolute atomic E-state index is 0.325. The van der Waals surface area contributed by atoms with Gasteiger partial charge in [0.1, 0.15) is 5.75 Å². The summed E-state index contributed by atoms with van der Waals surface area (Å²) in [5.41, 5.74) is 0.351. The van der Waals surface area contributed by atoms with Gasteiger partial charge < -0.3 is 14.0 Å². The second-order valence-corrected chi connectivity index (χ2v) is 7.94. The molecule has 2 fully saturated rings. The van der Waals surface area contributed by atoms with Crippen LogP contribution in [0.4, 0.5) is 0 Å². The van der Waals surface area contributed by atoms with Gasteiger partial charge in [0.25, 0.3) is 0 Å². The fourth-order valence-corrected chi connectivity index (χ4v) is 3.34. The van der Waals surface area contributed by atoms with E-state index >= 15 is 0 Å². The third kappa shape index (κ3) is 3.58. The molecule has 3 nitrogen and oxygen atoms in total. The lowest BCUT2D eigenvalue weighted by Crippen LogP contribution is -2.41. The summed E-state index contributed by atoms with van der Waals surface area (Å²) >= 11 is 0. The van der Waals surface area contributed by atoms with Gasteiger partial charge in [0, 0.05) is 5.46 Å². The molecule has 0 spiro atoms. The lowest BCUT2D eigenvalue weighted by molar-refractivity contribution is 0.00578. The quantitative estimate of drug-likeness (QED) is 0.787. The fraction of sp³-hybridized carbons (Fsp3) is 0.684. The minimum Gasteiger partial charge on any atom is -0.494 e. The lowest BCUT2D eigenvalue weighted by Gasteiger charge is -2.32. The summed E-state index contributed by atoms with van der Waals surface area (Å²) in [5.74, 6) is 1.59. The Balaban J connectivity index is 1.71. The average molecular weight is 316 g/mol. The van der Waals surface area contributed by atoms with Crippen molar-refractivity contribution in [1.82, 2.24) is 0 Å². The van der Waals surface area contributed by atoms with E-state index in [9.17, 15) is 0 Å². The first kappa shape index (κ1) is 16.8. The molecule has 0 atom stereocenters. The zero-order chi connectivity index (χ0) is 16.5. The molecule has 0 amide bonds. The Bertz CT molecular complexity index is 519. The molecule has 1 saturated heterocycles. The van der Waals surface area contributed by atoms with Gasteiger partial charge in [-0.25, -0.2) is 0 Å². The summed E-state index contributed by atoms with van der Waals surface area (Å²) in [7, 11) is -0.359.